The molecular weight excluding hydrogens is 512 g/mol. The Morgan fingerprint density at radius 3 is 2.40 bits per heavy atom. The second-order valence-corrected chi connectivity index (χ2v) is 11.5. The molecule has 2 aromatic rings. The summed E-state index contributed by atoms with van der Waals surface area (Å²) in [4.78, 5) is 44.5. The fourth-order valence-corrected chi connectivity index (χ4v) is 5.34. The molecule has 0 spiro atoms. The molecule has 1 aromatic carbocycles. The fraction of sp³-hybridized carbons (Fsp3) is 0.586. The minimum atomic E-state index is -0.829. The first-order valence-corrected chi connectivity index (χ1v) is 14.1. The normalized spacial score (nSPS) is 17.0. The number of anilines is 3. The van der Waals surface area contributed by atoms with Gasteiger partial charge in [-0.25, -0.2) is 4.79 Å². The molecule has 4 N–H and O–H groups in total. The number of likely N-dealkylation sites (tertiary alicyclic amines) is 1. The summed E-state index contributed by atoms with van der Waals surface area (Å²) >= 11 is 0. The highest BCUT2D eigenvalue weighted by Gasteiger charge is 2.28. The van der Waals surface area contributed by atoms with Gasteiger partial charge in [0.2, 0.25) is 5.95 Å². The van der Waals surface area contributed by atoms with Crippen LogP contribution in [0.1, 0.15) is 80.8 Å². The van der Waals surface area contributed by atoms with Gasteiger partial charge in [-0.15, -0.1) is 0 Å². The number of primary amides is 1. The molecule has 11 nitrogen and oxygen atoms in total. The standard InChI is InChI=1S/C29H42N6O5/c1-6-35-26(37)23(24(30)36)25(33-27(35)32-20-11-15-39-16-12-20)31-21-7-8-22(18(2)17-21)19-9-13-34(14-10-19)28(38)40-29(3,4)5/h7-8,17,19-20,31H,6,9-16H2,1-5H3,(H2,30,36)(H,32,33). The molecule has 2 saturated heterocycles. The van der Waals surface area contributed by atoms with E-state index in [4.69, 9.17) is 15.2 Å². The fourth-order valence-electron chi connectivity index (χ4n) is 5.34. The van der Waals surface area contributed by atoms with Crippen LogP contribution in [-0.2, 0) is 16.0 Å². The summed E-state index contributed by atoms with van der Waals surface area (Å²) in [5.41, 5.74) is 7.46. The van der Waals surface area contributed by atoms with Crippen LogP contribution in [0.15, 0.2) is 23.0 Å². The summed E-state index contributed by atoms with van der Waals surface area (Å²) in [5.74, 6) is 0.0206. The van der Waals surface area contributed by atoms with E-state index in [1.165, 1.54) is 10.1 Å². The third kappa shape index (κ3) is 6.93. The highest BCUT2D eigenvalue weighted by atomic mass is 16.6. The van der Waals surface area contributed by atoms with Gasteiger partial charge in [0.25, 0.3) is 11.5 Å². The molecule has 0 aliphatic carbocycles. The maximum atomic E-state index is 13.3. The average molecular weight is 555 g/mol. The number of hydrogen-bond acceptors (Lipinski definition) is 8. The number of amides is 2. The van der Waals surface area contributed by atoms with E-state index in [9.17, 15) is 14.4 Å². The number of rotatable bonds is 7. The Bertz CT molecular complexity index is 1290. The first kappa shape index (κ1) is 29.4. The van der Waals surface area contributed by atoms with Crippen molar-refractivity contribution in [3.8, 4) is 0 Å². The van der Waals surface area contributed by atoms with Gasteiger partial charge >= 0.3 is 6.09 Å². The Balaban J connectivity index is 1.52. The molecule has 3 heterocycles. The topological polar surface area (TPSA) is 141 Å². The van der Waals surface area contributed by atoms with E-state index in [1.54, 1.807) is 4.90 Å². The lowest BCUT2D eigenvalue weighted by atomic mass is 9.87. The number of nitrogens with one attached hydrogen (secondary N) is 2. The van der Waals surface area contributed by atoms with Gasteiger partial charge in [0.1, 0.15) is 11.2 Å². The lowest BCUT2D eigenvalue weighted by Crippen LogP contribution is -2.41. The first-order chi connectivity index (χ1) is 19.0. The molecular formula is C29H42N6O5. The smallest absolute Gasteiger partial charge is 0.410 e. The van der Waals surface area contributed by atoms with Gasteiger partial charge in [-0.2, -0.15) is 4.98 Å². The van der Waals surface area contributed by atoms with Gasteiger partial charge in [0, 0.05) is 44.6 Å². The highest BCUT2D eigenvalue weighted by molar-refractivity contribution is 5.98. The van der Waals surface area contributed by atoms with Gasteiger partial charge in [-0.3, -0.25) is 14.2 Å². The Morgan fingerprint density at radius 1 is 1.15 bits per heavy atom. The Labute approximate surface area is 235 Å². The molecule has 0 saturated carbocycles. The van der Waals surface area contributed by atoms with Gasteiger partial charge < -0.3 is 30.7 Å². The third-order valence-electron chi connectivity index (χ3n) is 7.41. The second kappa shape index (κ2) is 12.3. The zero-order valence-electron chi connectivity index (χ0n) is 24.2. The molecule has 2 amide bonds. The molecule has 0 atom stereocenters. The van der Waals surface area contributed by atoms with E-state index in [0.29, 0.717) is 50.4 Å². The SMILES string of the molecule is CCn1c(NC2CCOCC2)nc(Nc2ccc(C3CCN(C(=O)OC(C)(C)C)CC3)c(C)c2)c(C(N)=O)c1=O. The molecule has 4 rings (SSSR count). The number of ether oxygens (including phenoxy) is 2. The Hall–Kier alpha value is -3.60. The van der Waals surface area contributed by atoms with Crippen LogP contribution in [0.2, 0.25) is 0 Å². The predicted octanol–water partition coefficient (Wildman–Crippen LogP) is 4.12. The zero-order chi connectivity index (χ0) is 29.0. The number of hydrogen-bond donors (Lipinski definition) is 3. The van der Waals surface area contributed by atoms with Crippen LogP contribution in [0.4, 0.5) is 22.2 Å². The molecule has 1 aromatic heterocycles. The molecule has 218 valence electrons. The summed E-state index contributed by atoms with van der Waals surface area (Å²) in [6.45, 7) is 12.4. The summed E-state index contributed by atoms with van der Waals surface area (Å²) < 4.78 is 12.4. The van der Waals surface area contributed by atoms with Gasteiger partial charge in [0.15, 0.2) is 5.82 Å². The minimum Gasteiger partial charge on any atom is -0.444 e. The van der Waals surface area contributed by atoms with Gasteiger partial charge in [-0.05, 0) is 89.5 Å². The lowest BCUT2D eigenvalue weighted by Gasteiger charge is -2.34. The number of aryl methyl sites for hydroxylation is 1. The summed E-state index contributed by atoms with van der Waals surface area (Å²) in [7, 11) is 0. The summed E-state index contributed by atoms with van der Waals surface area (Å²) in [5, 5.41) is 6.54. The van der Waals surface area contributed by atoms with Crippen molar-refractivity contribution in [3.05, 3.63) is 45.2 Å². The average Bonchev–Trinajstić information content (AvgIpc) is 2.88. The number of benzene rings is 1. The first-order valence-electron chi connectivity index (χ1n) is 14.1. The van der Waals surface area contributed by atoms with Crippen LogP contribution >= 0.6 is 0 Å². The molecule has 2 aliphatic rings. The van der Waals surface area contributed by atoms with Crippen molar-refractivity contribution in [1.82, 2.24) is 14.5 Å². The van der Waals surface area contributed by atoms with Crippen molar-refractivity contribution in [2.75, 3.05) is 36.9 Å². The molecule has 0 radical (unpaired) electrons. The largest absolute Gasteiger partial charge is 0.444 e. The minimum absolute atomic E-state index is 0.119. The summed E-state index contributed by atoms with van der Waals surface area (Å²) in [6, 6.07) is 6.09. The van der Waals surface area contributed by atoms with Crippen molar-refractivity contribution in [2.45, 2.75) is 84.4 Å². The van der Waals surface area contributed by atoms with Crippen molar-refractivity contribution in [2.24, 2.45) is 5.73 Å². The van der Waals surface area contributed by atoms with Crippen LogP contribution in [-0.4, -0.2) is 64.4 Å². The number of carbonyl (C=O) groups is 2. The van der Waals surface area contributed by atoms with Gasteiger partial charge in [0.05, 0.1) is 0 Å². The third-order valence-corrected chi connectivity index (χ3v) is 7.41. The number of carbonyl (C=O) groups excluding carboxylic acids is 2. The van der Waals surface area contributed by atoms with Crippen molar-refractivity contribution in [1.29, 1.82) is 0 Å². The van der Waals surface area contributed by atoms with Crippen LogP contribution in [0.5, 0.6) is 0 Å². The van der Waals surface area contributed by atoms with E-state index >= 15 is 0 Å². The van der Waals surface area contributed by atoms with Crippen molar-refractivity contribution >= 4 is 29.5 Å². The monoisotopic (exact) mass is 554 g/mol. The maximum absolute atomic E-state index is 13.3. The molecule has 0 bridgehead atoms. The van der Waals surface area contributed by atoms with Crippen molar-refractivity contribution in [3.63, 3.8) is 0 Å². The number of nitrogens with zero attached hydrogens (tertiary/aromatic N) is 3. The van der Waals surface area contributed by atoms with Gasteiger partial charge in [-0.1, -0.05) is 6.07 Å². The predicted molar refractivity (Wildman–Crippen MR) is 154 cm³/mol. The quantitative estimate of drug-likeness (QED) is 0.464. The molecule has 2 fully saturated rings. The summed E-state index contributed by atoms with van der Waals surface area (Å²) in [6.07, 6.45) is 3.03. The molecule has 2 aliphatic heterocycles. The lowest BCUT2D eigenvalue weighted by molar-refractivity contribution is 0.0204. The number of piperidine rings is 1. The van der Waals surface area contributed by atoms with E-state index in [-0.39, 0.29) is 23.5 Å². The second-order valence-electron chi connectivity index (χ2n) is 11.5. The highest BCUT2D eigenvalue weighted by Crippen LogP contribution is 2.33. The van der Waals surface area contributed by atoms with E-state index in [2.05, 4.69) is 21.7 Å². The van der Waals surface area contributed by atoms with Crippen LogP contribution < -0.4 is 21.9 Å². The number of nitrogens with two attached hydrogens (primary N) is 1. The van der Waals surface area contributed by atoms with Crippen LogP contribution in [0.25, 0.3) is 0 Å². The molecule has 0 unspecified atom stereocenters. The number of aromatic nitrogens is 2. The Morgan fingerprint density at radius 2 is 1.82 bits per heavy atom. The van der Waals surface area contributed by atoms with E-state index < -0.39 is 17.1 Å². The maximum Gasteiger partial charge on any atom is 0.410 e. The van der Waals surface area contributed by atoms with Crippen LogP contribution in [0.3, 0.4) is 0 Å². The molecule has 40 heavy (non-hydrogen) atoms. The Kier molecular flexibility index (Phi) is 9.02. The van der Waals surface area contributed by atoms with E-state index in [1.807, 2.05) is 46.8 Å². The molecule has 11 heteroatoms. The zero-order valence-corrected chi connectivity index (χ0v) is 24.2. The van der Waals surface area contributed by atoms with E-state index in [0.717, 1.165) is 31.2 Å². The van der Waals surface area contributed by atoms with Crippen molar-refractivity contribution < 1.29 is 19.1 Å². The van der Waals surface area contributed by atoms with Crippen LogP contribution in [0, 0.1) is 6.92 Å².